The minimum absolute atomic E-state index is 0.660. The highest BCUT2D eigenvalue weighted by Crippen LogP contribution is 2.13. The summed E-state index contributed by atoms with van der Waals surface area (Å²) in [6.07, 6.45) is 5.44. The third kappa shape index (κ3) is 5.36. The lowest BCUT2D eigenvalue weighted by molar-refractivity contribution is 0.331. The fraction of sp³-hybridized carbons (Fsp3) is 0.435. The number of likely N-dealkylation sites (tertiary alicyclic amines) is 1. The van der Waals surface area contributed by atoms with Crippen molar-refractivity contribution in [3.8, 4) is 0 Å². The Morgan fingerprint density at radius 3 is 2.60 bits per heavy atom. The monoisotopic (exact) mass is 405 g/mol. The zero-order valence-electron chi connectivity index (χ0n) is 17.7. The molecule has 0 aliphatic carbocycles. The van der Waals surface area contributed by atoms with Crippen LogP contribution in [0.5, 0.6) is 0 Å². The van der Waals surface area contributed by atoms with Crippen LogP contribution in [0.15, 0.2) is 53.7 Å². The highest BCUT2D eigenvalue weighted by atomic mass is 15.2. The largest absolute Gasteiger partial charge is 0.357 e. The molecule has 3 heterocycles. The zero-order valence-corrected chi connectivity index (χ0v) is 17.7. The second-order valence-electron chi connectivity index (χ2n) is 7.72. The van der Waals surface area contributed by atoms with Crippen LogP contribution < -0.4 is 10.6 Å². The molecular formula is C23H31N7. The van der Waals surface area contributed by atoms with Gasteiger partial charge in [-0.3, -0.25) is 9.30 Å². The van der Waals surface area contributed by atoms with Crippen LogP contribution in [-0.2, 0) is 19.5 Å². The van der Waals surface area contributed by atoms with E-state index in [9.17, 15) is 0 Å². The Morgan fingerprint density at radius 1 is 1.00 bits per heavy atom. The van der Waals surface area contributed by atoms with E-state index in [1.165, 1.54) is 37.1 Å². The van der Waals surface area contributed by atoms with Crippen molar-refractivity contribution in [3.05, 3.63) is 65.6 Å². The third-order valence-electron chi connectivity index (χ3n) is 5.42. The van der Waals surface area contributed by atoms with Gasteiger partial charge in [0, 0.05) is 32.3 Å². The fourth-order valence-corrected chi connectivity index (χ4v) is 3.82. The SMILES string of the molecule is CCNC(=NCc1ccc(CN2CCCC2)cc1)NCCc1nnc2ccccn12. The fourth-order valence-electron chi connectivity index (χ4n) is 3.82. The molecule has 3 aromatic rings. The van der Waals surface area contributed by atoms with Crippen molar-refractivity contribution >= 4 is 11.6 Å². The number of pyridine rings is 1. The predicted molar refractivity (Wildman–Crippen MR) is 120 cm³/mol. The number of fused-ring (bicyclic) bond motifs is 1. The summed E-state index contributed by atoms with van der Waals surface area (Å²) in [5.41, 5.74) is 3.48. The van der Waals surface area contributed by atoms with E-state index in [1.807, 2.05) is 28.8 Å². The molecule has 0 saturated carbocycles. The van der Waals surface area contributed by atoms with E-state index in [-0.39, 0.29) is 0 Å². The molecule has 1 aromatic carbocycles. The minimum atomic E-state index is 0.660. The lowest BCUT2D eigenvalue weighted by Gasteiger charge is -2.14. The van der Waals surface area contributed by atoms with Crippen LogP contribution in [0.3, 0.4) is 0 Å². The lowest BCUT2D eigenvalue weighted by atomic mass is 10.1. The number of guanidine groups is 1. The molecule has 0 spiro atoms. The molecule has 1 fully saturated rings. The molecule has 2 N–H and O–H groups in total. The van der Waals surface area contributed by atoms with Gasteiger partial charge >= 0.3 is 0 Å². The van der Waals surface area contributed by atoms with Crippen LogP contribution in [-0.4, -0.2) is 51.6 Å². The molecule has 0 unspecified atom stereocenters. The van der Waals surface area contributed by atoms with Gasteiger partial charge in [-0.1, -0.05) is 30.3 Å². The molecule has 1 aliphatic rings. The molecule has 30 heavy (non-hydrogen) atoms. The van der Waals surface area contributed by atoms with Gasteiger partial charge in [-0.05, 0) is 56.1 Å². The van der Waals surface area contributed by atoms with Crippen LogP contribution in [0.25, 0.3) is 5.65 Å². The van der Waals surface area contributed by atoms with Crippen LogP contribution in [0.4, 0.5) is 0 Å². The minimum Gasteiger partial charge on any atom is -0.357 e. The molecule has 158 valence electrons. The average Bonchev–Trinajstić information content (AvgIpc) is 3.43. The van der Waals surface area contributed by atoms with E-state index in [2.05, 4.69) is 56.9 Å². The first-order valence-corrected chi connectivity index (χ1v) is 10.9. The first-order chi connectivity index (χ1) is 14.8. The molecule has 2 aromatic heterocycles. The standard InChI is InChI=1S/C23H31N7/c1-2-24-23(25-13-12-22-28-27-21-7-3-4-16-30(21)22)26-17-19-8-10-20(11-9-19)18-29-14-5-6-15-29/h3-4,7-11,16H,2,5-6,12-15,17-18H2,1H3,(H2,24,25,26). The predicted octanol–water partition coefficient (Wildman–Crippen LogP) is 2.62. The van der Waals surface area contributed by atoms with Crippen LogP contribution >= 0.6 is 0 Å². The first-order valence-electron chi connectivity index (χ1n) is 10.9. The molecule has 1 aliphatic heterocycles. The van der Waals surface area contributed by atoms with Crippen molar-refractivity contribution < 1.29 is 0 Å². The summed E-state index contributed by atoms with van der Waals surface area (Å²) in [5.74, 6) is 1.77. The first kappa shape index (κ1) is 20.3. The zero-order chi connectivity index (χ0) is 20.6. The van der Waals surface area contributed by atoms with Crippen molar-refractivity contribution in [2.45, 2.75) is 39.3 Å². The van der Waals surface area contributed by atoms with E-state index in [0.29, 0.717) is 6.54 Å². The second kappa shape index (κ2) is 10.2. The summed E-state index contributed by atoms with van der Waals surface area (Å²) >= 11 is 0. The van der Waals surface area contributed by atoms with Crippen molar-refractivity contribution in [1.82, 2.24) is 30.1 Å². The van der Waals surface area contributed by atoms with E-state index in [1.54, 1.807) is 0 Å². The van der Waals surface area contributed by atoms with Crippen molar-refractivity contribution in [1.29, 1.82) is 0 Å². The summed E-state index contributed by atoms with van der Waals surface area (Å²) < 4.78 is 2.02. The number of hydrogen-bond donors (Lipinski definition) is 2. The Hall–Kier alpha value is -2.93. The van der Waals surface area contributed by atoms with Gasteiger partial charge in [-0.2, -0.15) is 0 Å². The van der Waals surface area contributed by atoms with Gasteiger partial charge in [0.25, 0.3) is 0 Å². The Bertz CT molecular complexity index is 955. The van der Waals surface area contributed by atoms with E-state index in [0.717, 1.165) is 43.5 Å². The van der Waals surface area contributed by atoms with Crippen LogP contribution in [0.2, 0.25) is 0 Å². The van der Waals surface area contributed by atoms with Gasteiger partial charge in [-0.15, -0.1) is 10.2 Å². The van der Waals surface area contributed by atoms with Crippen molar-refractivity contribution in [2.24, 2.45) is 4.99 Å². The molecule has 4 rings (SSSR count). The Kier molecular flexibility index (Phi) is 6.92. The second-order valence-corrected chi connectivity index (χ2v) is 7.72. The maximum Gasteiger partial charge on any atom is 0.191 e. The van der Waals surface area contributed by atoms with Crippen molar-refractivity contribution in [2.75, 3.05) is 26.2 Å². The highest BCUT2D eigenvalue weighted by Gasteiger charge is 2.11. The molecule has 7 nitrogen and oxygen atoms in total. The molecule has 0 bridgehead atoms. The van der Waals surface area contributed by atoms with Crippen LogP contribution in [0, 0.1) is 0 Å². The Morgan fingerprint density at radius 2 is 1.80 bits per heavy atom. The lowest BCUT2D eigenvalue weighted by Crippen LogP contribution is -2.38. The molecule has 1 saturated heterocycles. The number of nitrogens with zero attached hydrogens (tertiary/aromatic N) is 5. The maximum absolute atomic E-state index is 4.74. The molecular weight excluding hydrogens is 374 g/mol. The van der Waals surface area contributed by atoms with Crippen molar-refractivity contribution in [3.63, 3.8) is 0 Å². The normalized spacial score (nSPS) is 15.0. The van der Waals surface area contributed by atoms with Gasteiger partial charge in [-0.25, -0.2) is 4.99 Å². The van der Waals surface area contributed by atoms with Gasteiger partial charge in [0.1, 0.15) is 5.82 Å². The van der Waals surface area contributed by atoms with Gasteiger partial charge in [0.2, 0.25) is 0 Å². The Labute approximate surface area is 178 Å². The van der Waals surface area contributed by atoms with E-state index < -0.39 is 0 Å². The smallest absolute Gasteiger partial charge is 0.191 e. The average molecular weight is 406 g/mol. The summed E-state index contributed by atoms with van der Waals surface area (Å²) in [5, 5.41) is 15.2. The molecule has 7 heteroatoms. The maximum atomic E-state index is 4.74. The molecule has 0 amide bonds. The summed E-state index contributed by atoms with van der Waals surface area (Å²) in [7, 11) is 0. The third-order valence-corrected chi connectivity index (χ3v) is 5.42. The van der Waals surface area contributed by atoms with Gasteiger partial charge in [0.05, 0.1) is 6.54 Å². The van der Waals surface area contributed by atoms with Crippen LogP contribution in [0.1, 0.15) is 36.7 Å². The number of hydrogen-bond acceptors (Lipinski definition) is 4. The number of aromatic nitrogens is 3. The molecule has 0 atom stereocenters. The number of nitrogens with one attached hydrogen (secondary N) is 2. The number of benzene rings is 1. The summed E-state index contributed by atoms with van der Waals surface area (Å²) in [6.45, 7) is 7.84. The quantitative estimate of drug-likeness (QED) is 0.445. The number of rotatable bonds is 8. The summed E-state index contributed by atoms with van der Waals surface area (Å²) in [4.78, 5) is 7.27. The summed E-state index contributed by atoms with van der Waals surface area (Å²) in [6, 6.07) is 14.8. The van der Waals surface area contributed by atoms with Gasteiger partial charge < -0.3 is 10.6 Å². The van der Waals surface area contributed by atoms with Gasteiger partial charge in [0.15, 0.2) is 11.6 Å². The van der Waals surface area contributed by atoms with E-state index >= 15 is 0 Å². The highest BCUT2D eigenvalue weighted by molar-refractivity contribution is 5.79. The Balaban J connectivity index is 1.29. The topological polar surface area (TPSA) is 69.8 Å². The van der Waals surface area contributed by atoms with E-state index in [4.69, 9.17) is 4.99 Å². The number of aliphatic imine (C=N–C) groups is 1. The molecule has 0 radical (unpaired) electrons.